The standard InChI is InChI=1S/C18H15F3N4/c1-12-11-16(23-13-7-3-2-4-8-13)25-17(22-12)24-15-10-6-5-9-14(15)18(19,20)21/h2-11H,1H3,(H2,22,23,24,25). The van der Waals surface area contributed by atoms with Crippen LogP contribution < -0.4 is 10.6 Å². The predicted octanol–water partition coefficient (Wildman–Crippen LogP) is 5.29. The number of halogens is 3. The van der Waals surface area contributed by atoms with Gasteiger partial charge in [0.05, 0.1) is 11.3 Å². The highest BCUT2D eigenvalue weighted by molar-refractivity contribution is 5.62. The van der Waals surface area contributed by atoms with Gasteiger partial charge in [-0.3, -0.25) is 0 Å². The van der Waals surface area contributed by atoms with Crippen molar-refractivity contribution in [1.29, 1.82) is 0 Å². The smallest absolute Gasteiger partial charge is 0.340 e. The lowest BCUT2D eigenvalue weighted by atomic mass is 10.1. The predicted molar refractivity (Wildman–Crippen MR) is 91.2 cm³/mol. The second-order valence-electron chi connectivity index (χ2n) is 5.38. The number of alkyl halides is 3. The van der Waals surface area contributed by atoms with Crippen molar-refractivity contribution >= 4 is 23.1 Å². The van der Waals surface area contributed by atoms with Crippen LogP contribution in [-0.2, 0) is 6.18 Å². The van der Waals surface area contributed by atoms with Crippen LogP contribution in [0.3, 0.4) is 0 Å². The summed E-state index contributed by atoms with van der Waals surface area (Å²) in [6.45, 7) is 1.75. The zero-order valence-corrected chi connectivity index (χ0v) is 13.3. The molecular weight excluding hydrogens is 329 g/mol. The van der Waals surface area contributed by atoms with E-state index in [2.05, 4.69) is 20.6 Å². The van der Waals surface area contributed by atoms with Gasteiger partial charge < -0.3 is 10.6 Å². The van der Waals surface area contributed by atoms with Crippen molar-refractivity contribution in [3.63, 3.8) is 0 Å². The molecule has 4 nitrogen and oxygen atoms in total. The Morgan fingerprint density at radius 3 is 2.24 bits per heavy atom. The lowest BCUT2D eigenvalue weighted by Gasteiger charge is -2.14. The van der Waals surface area contributed by atoms with Crippen molar-refractivity contribution < 1.29 is 13.2 Å². The van der Waals surface area contributed by atoms with Crippen molar-refractivity contribution in [3.8, 4) is 0 Å². The molecule has 2 aromatic carbocycles. The van der Waals surface area contributed by atoms with Crippen molar-refractivity contribution in [1.82, 2.24) is 9.97 Å². The average Bonchev–Trinajstić information content (AvgIpc) is 2.55. The van der Waals surface area contributed by atoms with Gasteiger partial charge in [-0.2, -0.15) is 18.2 Å². The molecule has 3 rings (SSSR count). The maximum Gasteiger partial charge on any atom is 0.418 e. The summed E-state index contributed by atoms with van der Waals surface area (Å²) in [7, 11) is 0. The summed E-state index contributed by atoms with van der Waals surface area (Å²) in [6.07, 6.45) is -4.46. The van der Waals surface area contributed by atoms with Crippen LogP contribution in [0.15, 0.2) is 60.7 Å². The first-order valence-electron chi connectivity index (χ1n) is 7.53. The topological polar surface area (TPSA) is 49.8 Å². The van der Waals surface area contributed by atoms with E-state index in [4.69, 9.17) is 0 Å². The molecule has 0 saturated heterocycles. The van der Waals surface area contributed by atoms with Gasteiger partial charge in [0.2, 0.25) is 5.95 Å². The van der Waals surface area contributed by atoms with E-state index in [1.54, 1.807) is 13.0 Å². The summed E-state index contributed by atoms with van der Waals surface area (Å²) in [5.41, 5.74) is 0.589. The molecule has 128 valence electrons. The largest absolute Gasteiger partial charge is 0.418 e. The number of nitrogens with one attached hydrogen (secondary N) is 2. The molecule has 0 radical (unpaired) electrons. The Morgan fingerprint density at radius 2 is 1.52 bits per heavy atom. The summed E-state index contributed by atoms with van der Waals surface area (Å²) >= 11 is 0. The molecule has 0 unspecified atom stereocenters. The van der Waals surface area contributed by atoms with E-state index in [1.807, 2.05) is 30.3 Å². The average molecular weight is 344 g/mol. The maximum absolute atomic E-state index is 13.1. The summed E-state index contributed by atoms with van der Waals surface area (Å²) < 4.78 is 39.3. The van der Waals surface area contributed by atoms with E-state index in [0.717, 1.165) is 11.8 Å². The molecule has 0 saturated carbocycles. The van der Waals surface area contributed by atoms with Gasteiger partial charge in [0.25, 0.3) is 0 Å². The fourth-order valence-corrected chi connectivity index (χ4v) is 2.32. The van der Waals surface area contributed by atoms with Gasteiger partial charge in [-0.25, -0.2) is 4.98 Å². The summed E-state index contributed by atoms with van der Waals surface area (Å²) in [6, 6.07) is 16.3. The van der Waals surface area contributed by atoms with Gasteiger partial charge in [-0.1, -0.05) is 30.3 Å². The van der Waals surface area contributed by atoms with Gasteiger partial charge >= 0.3 is 6.18 Å². The van der Waals surface area contributed by atoms with Crippen molar-refractivity contribution in [2.24, 2.45) is 0 Å². The van der Waals surface area contributed by atoms with Crippen molar-refractivity contribution in [2.75, 3.05) is 10.6 Å². The first-order chi connectivity index (χ1) is 11.9. The molecule has 0 aliphatic heterocycles. The second-order valence-corrected chi connectivity index (χ2v) is 5.38. The first-order valence-corrected chi connectivity index (χ1v) is 7.53. The molecule has 7 heteroatoms. The van der Waals surface area contributed by atoms with Crippen LogP contribution in [0.4, 0.5) is 36.3 Å². The van der Waals surface area contributed by atoms with Crippen LogP contribution in [0.25, 0.3) is 0 Å². The van der Waals surface area contributed by atoms with E-state index >= 15 is 0 Å². The van der Waals surface area contributed by atoms with Crippen LogP contribution in [-0.4, -0.2) is 9.97 Å². The second kappa shape index (κ2) is 6.80. The first kappa shape index (κ1) is 16.8. The molecular formula is C18H15F3N4. The highest BCUT2D eigenvalue weighted by Gasteiger charge is 2.33. The Morgan fingerprint density at radius 1 is 0.840 bits per heavy atom. The summed E-state index contributed by atoms with van der Waals surface area (Å²) in [5.74, 6) is 0.584. The van der Waals surface area contributed by atoms with E-state index in [1.165, 1.54) is 18.2 Å². The van der Waals surface area contributed by atoms with Crippen molar-refractivity contribution in [2.45, 2.75) is 13.1 Å². The maximum atomic E-state index is 13.1. The number of anilines is 4. The molecule has 2 N–H and O–H groups in total. The van der Waals surface area contributed by atoms with Crippen LogP contribution in [0.1, 0.15) is 11.3 Å². The number of aryl methyl sites for hydroxylation is 1. The number of para-hydroxylation sites is 2. The third kappa shape index (κ3) is 4.26. The summed E-state index contributed by atoms with van der Waals surface area (Å²) in [4.78, 5) is 8.41. The Kier molecular flexibility index (Phi) is 4.56. The molecule has 0 spiro atoms. The van der Waals surface area contributed by atoms with E-state index < -0.39 is 11.7 Å². The number of hydrogen-bond donors (Lipinski definition) is 2. The molecule has 1 aromatic heterocycles. The number of rotatable bonds is 4. The number of aromatic nitrogens is 2. The minimum absolute atomic E-state index is 0.0914. The van der Waals surface area contributed by atoms with Gasteiger partial charge in [0.1, 0.15) is 5.82 Å². The van der Waals surface area contributed by atoms with Gasteiger partial charge in [0, 0.05) is 17.4 Å². The number of benzene rings is 2. The molecule has 0 atom stereocenters. The zero-order chi connectivity index (χ0) is 17.9. The van der Waals surface area contributed by atoms with E-state index in [-0.39, 0.29) is 11.6 Å². The van der Waals surface area contributed by atoms with E-state index in [0.29, 0.717) is 11.5 Å². The Balaban J connectivity index is 1.89. The normalized spacial score (nSPS) is 11.2. The van der Waals surface area contributed by atoms with Gasteiger partial charge in [-0.05, 0) is 31.2 Å². The third-order valence-corrected chi connectivity index (χ3v) is 3.38. The lowest BCUT2D eigenvalue weighted by Crippen LogP contribution is -2.10. The molecule has 0 amide bonds. The highest BCUT2D eigenvalue weighted by atomic mass is 19.4. The van der Waals surface area contributed by atoms with Gasteiger partial charge in [-0.15, -0.1) is 0 Å². The summed E-state index contributed by atoms with van der Waals surface area (Å²) in [5, 5.41) is 5.77. The molecule has 0 aliphatic carbocycles. The SMILES string of the molecule is Cc1cc(Nc2ccccc2)nc(Nc2ccccc2C(F)(F)F)n1. The fourth-order valence-electron chi connectivity index (χ4n) is 2.32. The number of hydrogen-bond acceptors (Lipinski definition) is 4. The molecule has 0 bridgehead atoms. The molecule has 3 aromatic rings. The monoisotopic (exact) mass is 344 g/mol. The van der Waals surface area contributed by atoms with Crippen molar-refractivity contribution in [3.05, 3.63) is 71.9 Å². The van der Waals surface area contributed by atoms with E-state index in [9.17, 15) is 13.2 Å². The Bertz CT molecular complexity index is 864. The molecule has 25 heavy (non-hydrogen) atoms. The number of nitrogens with zero attached hydrogens (tertiary/aromatic N) is 2. The quantitative estimate of drug-likeness (QED) is 0.675. The molecule has 1 heterocycles. The van der Waals surface area contributed by atoms with Crippen LogP contribution >= 0.6 is 0 Å². The van der Waals surface area contributed by atoms with Crippen LogP contribution in [0.5, 0.6) is 0 Å². The zero-order valence-electron chi connectivity index (χ0n) is 13.3. The van der Waals surface area contributed by atoms with Crippen LogP contribution in [0.2, 0.25) is 0 Å². The fraction of sp³-hybridized carbons (Fsp3) is 0.111. The molecule has 0 fully saturated rings. The third-order valence-electron chi connectivity index (χ3n) is 3.38. The Hall–Kier alpha value is -3.09. The minimum atomic E-state index is -4.46. The molecule has 0 aliphatic rings. The Labute approximate surface area is 142 Å². The minimum Gasteiger partial charge on any atom is -0.340 e. The highest BCUT2D eigenvalue weighted by Crippen LogP contribution is 2.35. The van der Waals surface area contributed by atoms with Gasteiger partial charge in [0.15, 0.2) is 0 Å². The van der Waals surface area contributed by atoms with Crippen LogP contribution in [0, 0.1) is 6.92 Å². The lowest BCUT2D eigenvalue weighted by molar-refractivity contribution is -0.136.